The minimum Gasteiger partial charge on any atom is -0.379 e. The third-order valence-electron chi connectivity index (χ3n) is 5.51. The molecule has 0 bridgehead atoms. The number of fused-ring (bicyclic) bond motifs is 1. The van der Waals surface area contributed by atoms with Crippen molar-refractivity contribution in [3.8, 4) is 0 Å². The number of nitrogens with zero attached hydrogens (tertiary/aromatic N) is 4. The van der Waals surface area contributed by atoms with Crippen LogP contribution in [-0.4, -0.2) is 67.4 Å². The number of ether oxygens (including phenoxy) is 1. The van der Waals surface area contributed by atoms with Gasteiger partial charge in [-0.3, -0.25) is 4.90 Å². The molecule has 0 saturated carbocycles. The van der Waals surface area contributed by atoms with Gasteiger partial charge in [0, 0.05) is 75.8 Å². The molecule has 2 N–H and O–H groups in total. The summed E-state index contributed by atoms with van der Waals surface area (Å²) in [6.45, 7) is 6.02. The van der Waals surface area contributed by atoms with Crippen LogP contribution in [0, 0.1) is 0 Å². The van der Waals surface area contributed by atoms with Crippen LogP contribution in [0.25, 0.3) is 10.9 Å². The standard InChI is InChI=1S/C23H30N6O2/c1-27(2)22-6-3-18(16-24-22)17-25-23(30)26-20-4-5-21-19(15-20)7-8-29(21)10-9-28-11-13-31-14-12-28/h3-8,15-16H,9-14,17H2,1-2H3,(H2,25,26,30). The van der Waals surface area contributed by atoms with Gasteiger partial charge in [-0.15, -0.1) is 0 Å². The molecule has 8 heteroatoms. The highest BCUT2D eigenvalue weighted by molar-refractivity contribution is 5.92. The number of morpholine rings is 1. The number of urea groups is 1. The summed E-state index contributed by atoms with van der Waals surface area (Å²) in [6.07, 6.45) is 3.89. The minimum absolute atomic E-state index is 0.234. The molecular formula is C23H30N6O2. The Hall–Kier alpha value is -3.10. The Morgan fingerprint density at radius 1 is 1.13 bits per heavy atom. The first kappa shape index (κ1) is 21.1. The zero-order valence-corrected chi connectivity index (χ0v) is 18.2. The molecule has 1 aromatic carbocycles. The molecule has 1 aliphatic heterocycles. The molecule has 4 rings (SSSR count). The van der Waals surface area contributed by atoms with Gasteiger partial charge in [-0.1, -0.05) is 6.07 Å². The molecule has 1 saturated heterocycles. The highest BCUT2D eigenvalue weighted by atomic mass is 16.5. The van der Waals surface area contributed by atoms with Gasteiger partial charge >= 0.3 is 6.03 Å². The number of hydrogen-bond donors (Lipinski definition) is 2. The maximum Gasteiger partial charge on any atom is 0.319 e. The monoisotopic (exact) mass is 422 g/mol. The van der Waals surface area contributed by atoms with Gasteiger partial charge < -0.3 is 24.8 Å². The molecule has 164 valence electrons. The molecule has 1 aliphatic rings. The number of carbonyl (C=O) groups excluding carboxylic acids is 1. The van der Waals surface area contributed by atoms with E-state index in [1.165, 1.54) is 5.52 Å². The van der Waals surface area contributed by atoms with E-state index in [-0.39, 0.29) is 6.03 Å². The number of hydrogen-bond acceptors (Lipinski definition) is 5. The number of carbonyl (C=O) groups is 1. The van der Waals surface area contributed by atoms with E-state index < -0.39 is 0 Å². The quantitative estimate of drug-likeness (QED) is 0.613. The van der Waals surface area contributed by atoms with Crippen molar-refractivity contribution in [1.82, 2.24) is 19.8 Å². The van der Waals surface area contributed by atoms with Crippen molar-refractivity contribution in [3.05, 3.63) is 54.4 Å². The van der Waals surface area contributed by atoms with E-state index in [1.54, 1.807) is 6.20 Å². The fraction of sp³-hybridized carbons (Fsp3) is 0.391. The Bertz CT molecular complexity index is 1010. The normalized spacial score (nSPS) is 14.5. The zero-order chi connectivity index (χ0) is 21.6. The van der Waals surface area contributed by atoms with Crippen LogP contribution in [0.15, 0.2) is 48.8 Å². The molecule has 31 heavy (non-hydrogen) atoms. The first-order valence-corrected chi connectivity index (χ1v) is 10.6. The van der Waals surface area contributed by atoms with E-state index >= 15 is 0 Å². The van der Waals surface area contributed by atoms with Crippen molar-refractivity contribution in [2.24, 2.45) is 0 Å². The molecule has 3 aromatic rings. The van der Waals surface area contributed by atoms with Gasteiger partial charge in [0.1, 0.15) is 5.82 Å². The van der Waals surface area contributed by atoms with Crippen LogP contribution in [0.3, 0.4) is 0 Å². The Labute approximate surface area is 182 Å². The van der Waals surface area contributed by atoms with Crippen molar-refractivity contribution in [2.75, 3.05) is 57.2 Å². The second-order valence-corrected chi connectivity index (χ2v) is 7.96. The Morgan fingerprint density at radius 3 is 2.71 bits per heavy atom. The maximum atomic E-state index is 12.3. The van der Waals surface area contributed by atoms with E-state index in [0.717, 1.165) is 61.8 Å². The predicted molar refractivity (Wildman–Crippen MR) is 124 cm³/mol. The summed E-state index contributed by atoms with van der Waals surface area (Å²) in [5.41, 5.74) is 2.90. The number of aromatic nitrogens is 2. The fourth-order valence-corrected chi connectivity index (χ4v) is 3.69. The topological polar surface area (TPSA) is 74.7 Å². The highest BCUT2D eigenvalue weighted by Gasteiger charge is 2.11. The minimum atomic E-state index is -0.234. The third kappa shape index (κ3) is 5.53. The summed E-state index contributed by atoms with van der Waals surface area (Å²) >= 11 is 0. The molecule has 0 radical (unpaired) electrons. The number of anilines is 2. The molecule has 2 amide bonds. The van der Waals surface area contributed by atoms with Crippen molar-refractivity contribution in [1.29, 1.82) is 0 Å². The van der Waals surface area contributed by atoms with Crippen LogP contribution in [0.4, 0.5) is 16.3 Å². The van der Waals surface area contributed by atoms with Gasteiger partial charge in [-0.25, -0.2) is 9.78 Å². The average Bonchev–Trinajstić information content (AvgIpc) is 3.19. The lowest BCUT2D eigenvalue weighted by molar-refractivity contribution is 0.0365. The lowest BCUT2D eigenvalue weighted by atomic mass is 10.2. The number of rotatable bonds is 7. The third-order valence-corrected chi connectivity index (χ3v) is 5.51. The molecule has 1 fully saturated rings. The van der Waals surface area contributed by atoms with Gasteiger partial charge in [0.05, 0.1) is 13.2 Å². The molecule has 8 nitrogen and oxygen atoms in total. The summed E-state index contributed by atoms with van der Waals surface area (Å²) in [6, 6.07) is 11.8. The van der Waals surface area contributed by atoms with Crippen LogP contribution in [0.1, 0.15) is 5.56 Å². The molecule has 0 spiro atoms. The number of nitrogens with one attached hydrogen (secondary N) is 2. The molecule has 2 aromatic heterocycles. The van der Waals surface area contributed by atoms with Crippen molar-refractivity contribution in [2.45, 2.75) is 13.1 Å². The highest BCUT2D eigenvalue weighted by Crippen LogP contribution is 2.21. The first-order chi connectivity index (χ1) is 15.1. The van der Waals surface area contributed by atoms with Crippen LogP contribution < -0.4 is 15.5 Å². The van der Waals surface area contributed by atoms with Gasteiger partial charge in [-0.2, -0.15) is 0 Å². The molecule has 0 unspecified atom stereocenters. The van der Waals surface area contributed by atoms with Crippen LogP contribution in [0.2, 0.25) is 0 Å². The van der Waals surface area contributed by atoms with E-state index in [4.69, 9.17) is 4.74 Å². The summed E-state index contributed by atoms with van der Waals surface area (Å²) in [5.74, 6) is 0.887. The summed E-state index contributed by atoms with van der Waals surface area (Å²) < 4.78 is 7.68. The Balaban J connectivity index is 1.30. The molecule has 0 aliphatic carbocycles. The molecule has 3 heterocycles. The van der Waals surface area contributed by atoms with Gasteiger partial charge in [0.2, 0.25) is 0 Å². The van der Waals surface area contributed by atoms with E-state index in [9.17, 15) is 4.79 Å². The molecular weight excluding hydrogens is 392 g/mol. The summed E-state index contributed by atoms with van der Waals surface area (Å²) in [5, 5.41) is 6.91. The van der Waals surface area contributed by atoms with E-state index in [2.05, 4.69) is 43.4 Å². The lowest BCUT2D eigenvalue weighted by Crippen LogP contribution is -2.38. The van der Waals surface area contributed by atoms with E-state index in [0.29, 0.717) is 6.54 Å². The number of pyridine rings is 1. The summed E-state index contributed by atoms with van der Waals surface area (Å²) in [4.78, 5) is 21.0. The van der Waals surface area contributed by atoms with Crippen LogP contribution in [-0.2, 0) is 17.8 Å². The van der Waals surface area contributed by atoms with Crippen molar-refractivity contribution >= 4 is 28.4 Å². The Morgan fingerprint density at radius 2 is 1.97 bits per heavy atom. The largest absolute Gasteiger partial charge is 0.379 e. The molecule has 0 atom stereocenters. The second-order valence-electron chi connectivity index (χ2n) is 7.96. The first-order valence-electron chi connectivity index (χ1n) is 10.6. The Kier molecular flexibility index (Phi) is 6.69. The van der Waals surface area contributed by atoms with Gasteiger partial charge in [0.25, 0.3) is 0 Å². The fourth-order valence-electron chi connectivity index (χ4n) is 3.69. The van der Waals surface area contributed by atoms with Crippen LogP contribution in [0.5, 0.6) is 0 Å². The van der Waals surface area contributed by atoms with Crippen LogP contribution >= 0.6 is 0 Å². The van der Waals surface area contributed by atoms with E-state index in [1.807, 2.05) is 43.3 Å². The van der Waals surface area contributed by atoms with Gasteiger partial charge in [-0.05, 0) is 35.9 Å². The average molecular weight is 423 g/mol. The predicted octanol–water partition coefficient (Wildman–Crippen LogP) is 2.76. The maximum absolute atomic E-state index is 12.3. The summed E-state index contributed by atoms with van der Waals surface area (Å²) in [7, 11) is 3.89. The van der Waals surface area contributed by atoms with Gasteiger partial charge in [0.15, 0.2) is 0 Å². The number of benzene rings is 1. The number of amides is 2. The SMILES string of the molecule is CN(C)c1ccc(CNC(=O)Nc2ccc3c(ccn3CCN3CCOCC3)c2)cn1. The van der Waals surface area contributed by atoms with Crippen molar-refractivity contribution < 1.29 is 9.53 Å². The smallest absolute Gasteiger partial charge is 0.319 e. The second kappa shape index (κ2) is 9.80. The van der Waals surface area contributed by atoms with Crippen molar-refractivity contribution in [3.63, 3.8) is 0 Å². The lowest BCUT2D eigenvalue weighted by Gasteiger charge is -2.26. The zero-order valence-electron chi connectivity index (χ0n) is 18.2.